The SMILES string of the molecule is COC(=O)C(CC(C)C)NC(=O)c1sccc1C#CCO. The largest absolute Gasteiger partial charge is 0.467 e. The molecule has 6 heteroatoms. The number of carbonyl (C=O) groups is 2. The van der Waals surface area contributed by atoms with E-state index in [0.717, 1.165) is 0 Å². The summed E-state index contributed by atoms with van der Waals surface area (Å²) in [4.78, 5) is 24.4. The van der Waals surface area contributed by atoms with Gasteiger partial charge in [-0.2, -0.15) is 0 Å². The minimum absolute atomic E-state index is 0.242. The van der Waals surface area contributed by atoms with Gasteiger partial charge in [-0.15, -0.1) is 11.3 Å². The maximum absolute atomic E-state index is 12.3. The molecule has 1 heterocycles. The summed E-state index contributed by atoms with van der Waals surface area (Å²) < 4.78 is 4.72. The molecule has 0 saturated heterocycles. The maximum atomic E-state index is 12.3. The Bertz CT molecular complexity index is 554. The lowest BCUT2D eigenvalue weighted by atomic mass is 10.0. The molecule has 0 bridgehead atoms. The molecule has 0 spiro atoms. The van der Waals surface area contributed by atoms with Crippen molar-refractivity contribution in [2.75, 3.05) is 13.7 Å². The first-order chi connectivity index (χ1) is 9.99. The van der Waals surface area contributed by atoms with Crippen molar-refractivity contribution >= 4 is 23.2 Å². The van der Waals surface area contributed by atoms with Gasteiger partial charge in [0.2, 0.25) is 0 Å². The Labute approximate surface area is 128 Å². The Morgan fingerprint density at radius 3 is 2.76 bits per heavy atom. The van der Waals surface area contributed by atoms with Crippen molar-refractivity contribution in [1.29, 1.82) is 0 Å². The molecule has 0 saturated carbocycles. The molecule has 0 fully saturated rings. The first kappa shape index (κ1) is 17.2. The number of aliphatic hydroxyl groups excluding tert-OH is 1. The summed E-state index contributed by atoms with van der Waals surface area (Å²) in [5.41, 5.74) is 0.541. The average Bonchev–Trinajstić information content (AvgIpc) is 2.91. The monoisotopic (exact) mass is 309 g/mol. The van der Waals surface area contributed by atoms with Gasteiger partial charge >= 0.3 is 5.97 Å². The Kier molecular flexibility index (Phi) is 6.92. The highest BCUT2D eigenvalue weighted by Crippen LogP contribution is 2.16. The first-order valence-electron chi connectivity index (χ1n) is 6.55. The van der Waals surface area contributed by atoms with Crippen LogP contribution in [-0.4, -0.2) is 36.7 Å². The van der Waals surface area contributed by atoms with Gasteiger partial charge in [-0.05, 0) is 23.8 Å². The predicted molar refractivity (Wildman–Crippen MR) is 81.0 cm³/mol. The standard InChI is InChI=1S/C15H19NO4S/c1-10(2)9-12(15(19)20-3)16-14(18)13-11(5-4-7-17)6-8-21-13/h6,8,10,12,17H,7,9H2,1-3H3,(H,16,18). The molecule has 1 aromatic rings. The molecule has 0 aliphatic heterocycles. The van der Waals surface area contributed by atoms with Gasteiger partial charge in [0.15, 0.2) is 0 Å². The lowest BCUT2D eigenvalue weighted by Gasteiger charge is -2.18. The minimum Gasteiger partial charge on any atom is -0.467 e. The summed E-state index contributed by atoms with van der Waals surface area (Å²) in [6.45, 7) is 3.66. The molecule has 0 radical (unpaired) electrons. The van der Waals surface area contributed by atoms with Gasteiger partial charge < -0.3 is 15.2 Å². The van der Waals surface area contributed by atoms with E-state index in [9.17, 15) is 9.59 Å². The van der Waals surface area contributed by atoms with E-state index in [1.165, 1.54) is 18.4 Å². The molecule has 21 heavy (non-hydrogen) atoms. The van der Waals surface area contributed by atoms with Gasteiger partial charge in [-0.1, -0.05) is 25.7 Å². The molecule has 1 rings (SSSR count). The Morgan fingerprint density at radius 2 is 2.19 bits per heavy atom. The van der Waals surface area contributed by atoms with Crippen molar-refractivity contribution in [2.45, 2.75) is 26.3 Å². The van der Waals surface area contributed by atoms with Crippen LogP contribution in [0.3, 0.4) is 0 Å². The molecular formula is C15H19NO4S. The van der Waals surface area contributed by atoms with Crippen LogP contribution in [0.25, 0.3) is 0 Å². The fourth-order valence-electron chi connectivity index (χ4n) is 1.77. The molecule has 2 N–H and O–H groups in total. The van der Waals surface area contributed by atoms with E-state index in [1.54, 1.807) is 11.4 Å². The van der Waals surface area contributed by atoms with E-state index < -0.39 is 12.0 Å². The Morgan fingerprint density at radius 1 is 1.48 bits per heavy atom. The summed E-state index contributed by atoms with van der Waals surface area (Å²) in [6, 6.07) is 1.03. The predicted octanol–water partition coefficient (Wildman–Crippen LogP) is 1.41. The zero-order valence-electron chi connectivity index (χ0n) is 12.3. The first-order valence-corrected chi connectivity index (χ1v) is 7.43. The number of hydrogen-bond donors (Lipinski definition) is 2. The van der Waals surface area contributed by atoms with Crippen molar-refractivity contribution < 1.29 is 19.4 Å². The topological polar surface area (TPSA) is 75.6 Å². The van der Waals surface area contributed by atoms with E-state index in [0.29, 0.717) is 16.9 Å². The lowest BCUT2D eigenvalue weighted by molar-refractivity contribution is -0.143. The van der Waals surface area contributed by atoms with Gasteiger partial charge in [0.05, 0.1) is 7.11 Å². The lowest BCUT2D eigenvalue weighted by Crippen LogP contribution is -2.42. The third-order valence-corrected chi connectivity index (χ3v) is 3.58. The molecule has 0 aromatic carbocycles. The smallest absolute Gasteiger partial charge is 0.328 e. The molecule has 1 amide bonds. The second-order valence-corrected chi connectivity index (χ2v) is 5.72. The molecule has 114 valence electrons. The van der Waals surface area contributed by atoms with Crippen LogP contribution in [0, 0.1) is 17.8 Å². The number of esters is 1. The number of rotatable bonds is 5. The van der Waals surface area contributed by atoms with Crippen LogP contribution in [0.2, 0.25) is 0 Å². The van der Waals surface area contributed by atoms with Gasteiger partial charge in [-0.3, -0.25) is 4.79 Å². The van der Waals surface area contributed by atoms with Crippen molar-refractivity contribution in [3.8, 4) is 11.8 Å². The van der Waals surface area contributed by atoms with Gasteiger partial charge in [0.25, 0.3) is 5.91 Å². The number of thiophene rings is 1. The molecule has 1 aromatic heterocycles. The number of aliphatic hydroxyl groups is 1. The summed E-state index contributed by atoms with van der Waals surface area (Å²) in [7, 11) is 1.30. The number of methoxy groups -OCH3 is 1. The molecule has 1 atom stereocenters. The number of amides is 1. The van der Waals surface area contributed by atoms with Crippen LogP contribution in [-0.2, 0) is 9.53 Å². The number of carbonyl (C=O) groups excluding carboxylic acids is 2. The fourth-order valence-corrected chi connectivity index (χ4v) is 2.52. The Balaban J connectivity index is 2.87. The Hall–Kier alpha value is -1.84. The second kappa shape index (κ2) is 8.45. The summed E-state index contributed by atoms with van der Waals surface area (Å²) in [5.74, 6) is 4.64. The van der Waals surface area contributed by atoms with Crippen molar-refractivity contribution in [3.63, 3.8) is 0 Å². The van der Waals surface area contributed by atoms with Crippen LogP contribution in [0.5, 0.6) is 0 Å². The van der Waals surface area contributed by atoms with E-state index >= 15 is 0 Å². The number of hydrogen-bond acceptors (Lipinski definition) is 5. The van der Waals surface area contributed by atoms with Gasteiger partial charge in [-0.25, -0.2) is 4.79 Å². The summed E-state index contributed by atoms with van der Waals surface area (Å²) in [5, 5.41) is 13.1. The highest BCUT2D eigenvalue weighted by molar-refractivity contribution is 7.12. The van der Waals surface area contributed by atoms with Crippen LogP contribution >= 0.6 is 11.3 Å². The maximum Gasteiger partial charge on any atom is 0.328 e. The van der Waals surface area contributed by atoms with E-state index in [-0.39, 0.29) is 18.4 Å². The normalized spacial score (nSPS) is 11.5. The summed E-state index contributed by atoms with van der Waals surface area (Å²) in [6.07, 6.45) is 0.501. The highest BCUT2D eigenvalue weighted by atomic mass is 32.1. The highest BCUT2D eigenvalue weighted by Gasteiger charge is 2.24. The van der Waals surface area contributed by atoms with Crippen LogP contribution in [0.1, 0.15) is 35.5 Å². The van der Waals surface area contributed by atoms with Gasteiger partial charge in [0.1, 0.15) is 17.5 Å². The second-order valence-electron chi connectivity index (χ2n) is 4.80. The molecular weight excluding hydrogens is 290 g/mol. The quantitative estimate of drug-likeness (QED) is 0.637. The number of ether oxygens (including phenoxy) is 1. The summed E-state index contributed by atoms with van der Waals surface area (Å²) >= 11 is 1.24. The van der Waals surface area contributed by atoms with Crippen LogP contribution < -0.4 is 5.32 Å². The zero-order chi connectivity index (χ0) is 15.8. The molecule has 0 aliphatic rings. The van der Waals surface area contributed by atoms with E-state index in [1.807, 2.05) is 13.8 Å². The minimum atomic E-state index is -0.678. The van der Waals surface area contributed by atoms with Crippen LogP contribution in [0.15, 0.2) is 11.4 Å². The van der Waals surface area contributed by atoms with Crippen molar-refractivity contribution in [3.05, 3.63) is 21.9 Å². The fraction of sp³-hybridized carbons (Fsp3) is 0.467. The van der Waals surface area contributed by atoms with Crippen molar-refractivity contribution in [1.82, 2.24) is 5.32 Å². The average molecular weight is 309 g/mol. The van der Waals surface area contributed by atoms with Crippen molar-refractivity contribution in [2.24, 2.45) is 5.92 Å². The van der Waals surface area contributed by atoms with E-state index in [4.69, 9.17) is 9.84 Å². The third-order valence-electron chi connectivity index (χ3n) is 2.67. The van der Waals surface area contributed by atoms with Crippen LogP contribution in [0.4, 0.5) is 0 Å². The third kappa shape index (κ3) is 5.21. The van der Waals surface area contributed by atoms with Gasteiger partial charge in [0, 0.05) is 5.56 Å². The molecule has 5 nitrogen and oxygen atoms in total. The number of nitrogens with one attached hydrogen (secondary N) is 1. The molecule has 0 aliphatic carbocycles. The molecule has 1 unspecified atom stereocenters. The van der Waals surface area contributed by atoms with E-state index in [2.05, 4.69) is 17.2 Å². The zero-order valence-corrected chi connectivity index (χ0v) is 13.1.